The van der Waals surface area contributed by atoms with E-state index >= 15 is 0 Å². The van der Waals surface area contributed by atoms with Gasteiger partial charge in [0, 0.05) is 46.6 Å². The molecule has 0 radical (unpaired) electrons. The van der Waals surface area contributed by atoms with Crippen molar-refractivity contribution in [2.24, 2.45) is 0 Å². The topological polar surface area (TPSA) is 46.3 Å². The van der Waals surface area contributed by atoms with Crippen LogP contribution >= 0.6 is 11.6 Å². The molecule has 1 saturated heterocycles. The summed E-state index contributed by atoms with van der Waals surface area (Å²) in [6.07, 6.45) is 1.51. The Morgan fingerprint density at radius 1 is 1.12 bits per heavy atom. The van der Waals surface area contributed by atoms with Crippen LogP contribution in [0.5, 0.6) is 0 Å². The molecule has 1 fully saturated rings. The second-order valence-corrected chi connectivity index (χ2v) is 8.12. The Bertz CT molecular complexity index is 948. The summed E-state index contributed by atoms with van der Waals surface area (Å²) in [5, 5.41) is 0.0362. The van der Waals surface area contributed by atoms with Crippen LogP contribution in [0.4, 0.5) is 10.1 Å². The number of hydrogen-bond donors (Lipinski definition) is 0. The van der Waals surface area contributed by atoms with Gasteiger partial charge in [0.25, 0.3) is 0 Å². The highest BCUT2D eigenvalue weighted by Gasteiger charge is 2.17. The molecule has 0 aliphatic carbocycles. The number of halogens is 2. The zero-order valence-electron chi connectivity index (χ0n) is 13.8. The molecule has 1 aliphatic heterocycles. The summed E-state index contributed by atoms with van der Waals surface area (Å²) in [6, 6.07) is 12.7. The van der Waals surface area contributed by atoms with Gasteiger partial charge in [-0.3, -0.25) is 4.21 Å². The summed E-state index contributed by atoms with van der Waals surface area (Å²) in [7, 11) is -0.692. The lowest BCUT2D eigenvalue weighted by Crippen LogP contribution is -2.37. The molecule has 0 atom stereocenters. The molecule has 2 heterocycles. The number of nitrogens with zero attached hydrogens (tertiary/aromatic N) is 2. The standard InChI is InChI=1S/C19H16ClFN2O2S/c20-16-3-1-2-15(18(16)21)19-22-17(12-25-19)13-4-6-14(7-5-13)23-8-10-26(24)11-9-23/h1-7,12H,8-11H2. The molecular weight excluding hydrogens is 375 g/mol. The van der Waals surface area contributed by atoms with E-state index in [2.05, 4.69) is 9.88 Å². The highest BCUT2D eigenvalue weighted by Crippen LogP contribution is 2.30. The van der Waals surface area contributed by atoms with E-state index in [-0.39, 0.29) is 16.5 Å². The lowest BCUT2D eigenvalue weighted by atomic mass is 10.1. The highest BCUT2D eigenvalue weighted by molar-refractivity contribution is 7.85. The van der Waals surface area contributed by atoms with Crippen LogP contribution in [0, 0.1) is 5.82 Å². The molecule has 0 saturated carbocycles. The van der Waals surface area contributed by atoms with Gasteiger partial charge in [-0.2, -0.15) is 0 Å². The van der Waals surface area contributed by atoms with E-state index < -0.39 is 16.6 Å². The van der Waals surface area contributed by atoms with Crippen molar-refractivity contribution in [3.63, 3.8) is 0 Å². The van der Waals surface area contributed by atoms with Crippen LogP contribution in [0.3, 0.4) is 0 Å². The molecule has 0 N–H and O–H groups in total. The SMILES string of the molecule is O=S1CCN(c2ccc(-c3coc(-c4cccc(Cl)c4F)n3)cc2)CC1. The maximum atomic E-state index is 14.1. The highest BCUT2D eigenvalue weighted by atomic mass is 35.5. The average Bonchev–Trinajstić information content (AvgIpc) is 3.15. The minimum Gasteiger partial charge on any atom is -0.444 e. The van der Waals surface area contributed by atoms with Crippen molar-refractivity contribution in [1.82, 2.24) is 4.98 Å². The summed E-state index contributed by atoms with van der Waals surface area (Å²) >= 11 is 5.82. The van der Waals surface area contributed by atoms with E-state index in [9.17, 15) is 8.60 Å². The largest absolute Gasteiger partial charge is 0.444 e. The molecule has 0 spiro atoms. The maximum Gasteiger partial charge on any atom is 0.229 e. The van der Waals surface area contributed by atoms with E-state index in [4.69, 9.17) is 16.0 Å². The van der Waals surface area contributed by atoms with Crippen molar-refractivity contribution in [2.45, 2.75) is 0 Å². The molecule has 0 bridgehead atoms. The van der Waals surface area contributed by atoms with Crippen LogP contribution in [0.25, 0.3) is 22.7 Å². The van der Waals surface area contributed by atoms with Gasteiger partial charge in [-0.15, -0.1) is 0 Å². The second-order valence-electron chi connectivity index (χ2n) is 6.02. The predicted molar refractivity (Wildman–Crippen MR) is 102 cm³/mol. The van der Waals surface area contributed by atoms with Gasteiger partial charge in [-0.05, 0) is 24.3 Å². The quantitative estimate of drug-likeness (QED) is 0.666. The molecule has 7 heteroatoms. The van der Waals surface area contributed by atoms with Gasteiger partial charge in [0.15, 0.2) is 5.82 Å². The smallest absolute Gasteiger partial charge is 0.229 e. The van der Waals surface area contributed by atoms with E-state index in [0.29, 0.717) is 17.2 Å². The summed E-state index contributed by atoms with van der Waals surface area (Å²) in [5.74, 6) is 1.07. The molecule has 2 aromatic carbocycles. The molecule has 26 heavy (non-hydrogen) atoms. The van der Waals surface area contributed by atoms with Crippen molar-refractivity contribution in [3.8, 4) is 22.7 Å². The minimum absolute atomic E-state index is 0.0362. The van der Waals surface area contributed by atoms with Crippen LogP contribution in [0.1, 0.15) is 0 Å². The number of rotatable bonds is 3. The van der Waals surface area contributed by atoms with Crippen LogP contribution < -0.4 is 4.90 Å². The third-order valence-corrected chi connectivity index (χ3v) is 5.96. The Morgan fingerprint density at radius 2 is 1.85 bits per heavy atom. The third kappa shape index (κ3) is 3.39. The van der Waals surface area contributed by atoms with Crippen molar-refractivity contribution < 1.29 is 13.0 Å². The van der Waals surface area contributed by atoms with Crippen molar-refractivity contribution >= 4 is 28.1 Å². The predicted octanol–water partition coefficient (Wildman–Crippen LogP) is 4.37. The van der Waals surface area contributed by atoms with Crippen LogP contribution in [-0.2, 0) is 10.8 Å². The number of oxazole rings is 1. The zero-order chi connectivity index (χ0) is 18.1. The van der Waals surface area contributed by atoms with Crippen LogP contribution in [0.15, 0.2) is 53.1 Å². The lowest BCUT2D eigenvalue weighted by Gasteiger charge is -2.28. The monoisotopic (exact) mass is 390 g/mol. The fourth-order valence-electron chi connectivity index (χ4n) is 2.94. The number of aromatic nitrogens is 1. The third-order valence-electron chi connectivity index (χ3n) is 4.39. The fourth-order valence-corrected chi connectivity index (χ4v) is 4.16. The van der Waals surface area contributed by atoms with Gasteiger partial charge in [-0.1, -0.05) is 29.8 Å². The molecule has 3 aromatic rings. The Labute approximate surface area is 158 Å². The van der Waals surface area contributed by atoms with Gasteiger partial charge in [-0.25, -0.2) is 9.37 Å². The molecular formula is C19H16ClFN2O2S. The summed E-state index contributed by atoms with van der Waals surface area (Å²) in [4.78, 5) is 6.61. The van der Waals surface area contributed by atoms with Crippen LogP contribution in [-0.4, -0.2) is 33.8 Å². The van der Waals surface area contributed by atoms with E-state index in [0.717, 1.165) is 24.3 Å². The number of hydrogen-bond acceptors (Lipinski definition) is 4. The van der Waals surface area contributed by atoms with Gasteiger partial charge in [0.2, 0.25) is 5.89 Å². The van der Waals surface area contributed by atoms with Gasteiger partial charge in [0.1, 0.15) is 12.0 Å². The maximum absolute atomic E-state index is 14.1. The molecule has 1 aromatic heterocycles. The molecule has 4 nitrogen and oxygen atoms in total. The summed E-state index contributed by atoms with van der Waals surface area (Å²) in [5.41, 5.74) is 2.84. The summed E-state index contributed by atoms with van der Waals surface area (Å²) in [6.45, 7) is 1.60. The first-order chi connectivity index (χ1) is 12.6. The second kappa shape index (κ2) is 7.21. The first-order valence-corrected chi connectivity index (χ1v) is 10.1. The van der Waals surface area contributed by atoms with Gasteiger partial charge in [0.05, 0.1) is 10.6 Å². The number of anilines is 1. The Kier molecular flexibility index (Phi) is 4.78. The van der Waals surface area contributed by atoms with Gasteiger partial charge < -0.3 is 9.32 Å². The van der Waals surface area contributed by atoms with Crippen molar-refractivity contribution in [3.05, 3.63) is 59.6 Å². The van der Waals surface area contributed by atoms with Gasteiger partial charge >= 0.3 is 0 Å². The Morgan fingerprint density at radius 3 is 2.58 bits per heavy atom. The molecule has 0 amide bonds. The van der Waals surface area contributed by atoms with E-state index in [1.165, 1.54) is 12.3 Å². The molecule has 134 valence electrons. The van der Waals surface area contributed by atoms with Crippen molar-refractivity contribution in [1.29, 1.82) is 0 Å². The Hall–Kier alpha value is -2.18. The first-order valence-electron chi connectivity index (χ1n) is 8.22. The minimum atomic E-state index is -0.692. The van der Waals surface area contributed by atoms with E-state index in [1.54, 1.807) is 12.1 Å². The normalized spacial score (nSPS) is 15.4. The molecule has 1 aliphatic rings. The lowest BCUT2D eigenvalue weighted by molar-refractivity contribution is 0.562. The zero-order valence-corrected chi connectivity index (χ0v) is 15.4. The molecule has 0 unspecified atom stereocenters. The molecule has 4 rings (SSSR count). The average molecular weight is 391 g/mol. The summed E-state index contributed by atoms with van der Waals surface area (Å²) < 4.78 is 31.0. The van der Waals surface area contributed by atoms with Crippen molar-refractivity contribution in [2.75, 3.05) is 29.5 Å². The van der Waals surface area contributed by atoms with Crippen LogP contribution in [0.2, 0.25) is 5.02 Å². The van der Waals surface area contributed by atoms with E-state index in [1.807, 2.05) is 24.3 Å². The Balaban J connectivity index is 1.56. The number of benzene rings is 2. The fraction of sp³-hybridized carbons (Fsp3) is 0.211. The first kappa shape index (κ1) is 17.2.